The van der Waals surface area contributed by atoms with Crippen LogP contribution in [0.4, 0.5) is 5.69 Å². The molecule has 0 amide bonds. The molecule has 2 rings (SSSR count). The number of pyridine rings is 1. The first-order chi connectivity index (χ1) is 7.57. The summed E-state index contributed by atoms with van der Waals surface area (Å²) in [7, 11) is 0. The van der Waals surface area contributed by atoms with Crippen LogP contribution in [0.3, 0.4) is 0 Å². The van der Waals surface area contributed by atoms with Crippen LogP contribution in [0.25, 0.3) is 0 Å². The average Bonchev–Trinajstić information content (AvgIpc) is 2.24. The molecule has 0 radical (unpaired) electrons. The number of aromatic nitrogens is 1. The Labute approximate surface area is 102 Å². The van der Waals surface area contributed by atoms with E-state index >= 15 is 0 Å². The number of nitrogens with one attached hydrogen (secondary N) is 1. The summed E-state index contributed by atoms with van der Waals surface area (Å²) in [5.41, 5.74) is 1.53. The lowest BCUT2D eigenvalue weighted by atomic mass is 9.75. The van der Waals surface area contributed by atoms with Gasteiger partial charge in [0.2, 0.25) is 0 Å². The van der Waals surface area contributed by atoms with E-state index in [1.54, 1.807) is 12.4 Å². The maximum absolute atomic E-state index is 6.07. The van der Waals surface area contributed by atoms with Crippen molar-refractivity contribution in [3.63, 3.8) is 0 Å². The molecule has 1 aromatic heterocycles. The van der Waals surface area contributed by atoms with Crippen molar-refractivity contribution in [1.82, 2.24) is 4.98 Å². The van der Waals surface area contributed by atoms with E-state index in [1.165, 1.54) is 25.7 Å². The van der Waals surface area contributed by atoms with Gasteiger partial charge < -0.3 is 5.32 Å². The summed E-state index contributed by atoms with van der Waals surface area (Å²) in [5.74, 6) is 0. The molecule has 1 heterocycles. The average molecular weight is 239 g/mol. The highest BCUT2D eigenvalue weighted by molar-refractivity contribution is 6.33. The minimum absolute atomic E-state index is 0.514. The molecule has 3 heteroatoms. The topological polar surface area (TPSA) is 24.9 Å². The fraction of sp³-hybridized carbons (Fsp3) is 0.615. The van der Waals surface area contributed by atoms with Gasteiger partial charge in [0.05, 0.1) is 10.7 Å². The molecule has 16 heavy (non-hydrogen) atoms. The van der Waals surface area contributed by atoms with Gasteiger partial charge in [-0.2, -0.15) is 0 Å². The Kier molecular flexibility index (Phi) is 3.38. The second kappa shape index (κ2) is 4.62. The fourth-order valence-corrected chi connectivity index (χ4v) is 2.43. The second-order valence-electron chi connectivity index (χ2n) is 5.44. The molecule has 0 aliphatic heterocycles. The molecule has 1 aliphatic carbocycles. The third-order valence-electron chi connectivity index (χ3n) is 3.47. The molecule has 1 aromatic rings. The third-order valence-corrected chi connectivity index (χ3v) is 3.77. The van der Waals surface area contributed by atoms with Crippen LogP contribution in [0.1, 0.15) is 39.5 Å². The summed E-state index contributed by atoms with van der Waals surface area (Å²) in [4.78, 5) is 3.99. The van der Waals surface area contributed by atoms with E-state index in [0.29, 0.717) is 16.5 Å². The van der Waals surface area contributed by atoms with Gasteiger partial charge in [0.1, 0.15) is 0 Å². The molecule has 2 nitrogen and oxygen atoms in total. The molecule has 1 saturated carbocycles. The van der Waals surface area contributed by atoms with Crippen LogP contribution in [0.5, 0.6) is 0 Å². The number of anilines is 1. The van der Waals surface area contributed by atoms with Gasteiger partial charge in [0.25, 0.3) is 0 Å². The van der Waals surface area contributed by atoms with Gasteiger partial charge in [-0.25, -0.2) is 0 Å². The fourth-order valence-electron chi connectivity index (χ4n) is 2.26. The molecule has 1 aliphatic rings. The lowest BCUT2D eigenvalue weighted by molar-refractivity contribution is 0.232. The largest absolute Gasteiger partial charge is 0.381 e. The minimum atomic E-state index is 0.514. The minimum Gasteiger partial charge on any atom is -0.381 e. The number of hydrogen-bond donors (Lipinski definition) is 1. The van der Waals surface area contributed by atoms with Crippen molar-refractivity contribution in [2.75, 3.05) is 5.32 Å². The Morgan fingerprint density at radius 3 is 2.69 bits per heavy atom. The summed E-state index contributed by atoms with van der Waals surface area (Å²) < 4.78 is 0. The van der Waals surface area contributed by atoms with E-state index in [1.807, 2.05) is 6.07 Å². The van der Waals surface area contributed by atoms with Gasteiger partial charge in [0, 0.05) is 18.4 Å². The Bertz CT molecular complexity index is 353. The summed E-state index contributed by atoms with van der Waals surface area (Å²) in [6.07, 6.45) is 8.50. The lowest BCUT2D eigenvalue weighted by Gasteiger charge is -2.35. The summed E-state index contributed by atoms with van der Waals surface area (Å²) in [6, 6.07) is 2.51. The number of nitrogens with zero attached hydrogens (tertiary/aromatic N) is 1. The molecule has 0 atom stereocenters. The van der Waals surface area contributed by atoms with E-state index in [0.717, 1.165) is 5.69 Å². The molecule has 0 spiro atoms. The van der Waals surface area contributed by atoms with Crippen molar-refractivity contribution in [3.05, 3.63) is 23.5 Å². The van der Waals surface area contributed by atoms with Crippen LogP contribution in [-0.2, 0) is 0 Å². The Morgan fingerprint density at radius 2 is 2.06 bits per heavy atom. The van der Waals surface area contributed by atoms with Crippen molar-refractivity contribution >= 4 is 17.3 Å². The van der Waals surface area contributed by atoms with Crippen LogP contribution >= 0.6 is 11.6 Å². The smallest absolute Gasteiger partial charge is 0.0820 e. The second-order valence-corrected chi connectivity index (χ2v) is 5.85. The van der Waals surface area contributed by atoms with Gasteiger partial charge in [-0.15, -0.1) is 0 Å². The van der Waals surface area contributed by atoms with Crippen molar-refractivity contribution in [2.45, 2.75) is 45.6 Å². The monoisotopic (exact) mass is 238 g/mol. The summed E-state index contributed by atoms with van der Waals surface area (Å²) in [5, 5.41) is 4.23. The lowest BCUT2D eigenvalue weighted by Crippen LogP contribution is -2.29. The molecule has 1 fully saturated rings. The molecule has 0 unspecified atom stereocenters. The van der Waals surface area contributed by atoms with E-state index in [-0.39, 0.29) is 0 Å². The van der Waals surface area contributed by atoms with Gasteiger partial charge in [-0.1, -0.05) is 25.4 Å². The highest BCUT2D eigenvalue weighted by Crippen LogP contribution is 2.36. The third kappa shape index (κ3) is 2.88. The van der Waals surface area contributed by atoms with Crippen LogP contribution in [0.2, 0.25) is 5.02 Å². The maximum atomic E-state index is 6.07. The van der Waals surface area contributed by atoms with Gasteiger partial charge in [-0.3, -0.25) is 4.98 Å². The first-order valence-corrected chi connectivity index (χ1v) is 6.31. The molecular weight excluding hydrogens is 220 g/mol. The predicted molar refractivity (Wildman–Crippen MR) is 68.9 cm³/mol. The van der Waals surface area contributed by atoms with Crippen LogP contribution in [-0.4, -0.2) is 11.0 Å². The number of rotatable bonds is 2. The number of halogens is 1. The molecule has 0 saturated heterocycles. The van der Waals surface area contributed by atoms with Crippen molar-refractivity contribution in [2.24, 2.45) is 5.41 Å². The highest BCUT2D eigenvalue weighted by Gasteiger charge is 2.26. The zero-order valence-electron chi connectivity index (χ0n) is 9.96. The first kappa shape index (κ1) is 11.7. The van der Waals surface area contributed by atoms with E-state index in [9.17, 15) is 0 Å². The van der Waals surface area contributed by atoms with E-state index < -0.39 is 0 Å². The normalized spacial score (nSPS) is 20.7. The molecule has 88 valence electrons. The SMILES string of the molecule is CC1(C)CCC(Nc2ccncc2Cl)CC1. The highest BCUT2D eigenvalue weighted by atomic mass is 35.5. The zero-order chi connectivity index (χ0) is 11.6. The quantitative estimate of drug-likeness (QED) is 0.839. The Hall–Kier alpha value is -0.760. The van der Waals surface area contributed by atoms with Crippen molar-refractivity contribution < 1.29 is 0 Å². The van der Waals surface area contributed by atoms with E-state index in [4.69, 9.17) is 11.6 Å². The van der Waals surface area contributed by atoms with Gasteiger partial charge >= 0.3 is 0 Å². The van der Waals surface area contributed by atoms with Crippen molar-refractivity contribution in [3.8, 4) is 0 Å². The van der Waals surface area contributed by atoms with Crippen LogP contribution in [0, 0.1) is 5.41 Å². The molecule has 1 N–H and O–H groups in total. The predicted octanol–water partition coefficient (Wildman–Crippen LogP) is 4.12. The molecule has 0 bridgehead atoms. The summed E-state index contributed by atoms with van der Waals surface area (Å²) in [6.45, 7) is 4.70. The van der Waals surface area contributed by atoms with Gasteiger partial charge in [0.15, 0.2) is 0 Å². The first-order valence-electron chi connectivity index (χ1n) is 5.93. The van der Waals surface area contributed by atoms with Crippen molar-refractivity contribution in [1.29, 1.82) is 0 Å². The van der Waals surface area contributed by atoms with Crippen LogP contribution < -0.4 is 5.32 Å². The molecule has 0 aromatic carbocycles. The standard InChI is InChI=1S/C13H19ClN2/c1-13(2)6-3-10(4-7-13)16-12-5-8-15-9-11(12)14/h5,8-10H,3-4,6-7H2,1-2H3,(H,15,16). The molecular formula is C13H19ClN2. The number of hydrogen-bond acceptors (Lipinski definition) is 2. The van der Waals surface area contributed by atoms with Gasteiger partial charge in [-0.05, 0) is 37.2 Å². The van der Waals surface area contributed by atoms with Crippen LogP contribution in [0.15, 0.2) is 18.5 Å². The maximum Gasteiger partial charge on any atom is 0.0820 e. The Morgan fingerprint density at radius 1 is 1.38 bits per heavy atom. The van der Waals surface area contributed by atoms with E-state index in [2.05, 4.69) is 24.1 Å². The summed E-state index contributed by atoms with van der Waals surface area (Å²) >= 11 is 6.07. The zero-order valence-corrected chi connectivity index (χ0v) is 10.7. The Balaban J connectivity index is 1.95.